The molecule has 0 heterocycles. The predicted molar refractivity (Wildman–Crippen MR) is 124 cm³/mol. The standard InChI is InChI=1S/C26H36N2O/c1-17(2)19(4)16-26(29)28-24-15-14-23-22(20(24)5)8-6-7-9-25(23)27-21-12-10-18(3)11-13-21/h10-15,17,19,25,27H,6-9,16H2,1-5H3,(H,28,29). The number of aryl methyl sites for hydroxylation is 1. The number of fused-ring (bicyclic) bond motifs is 1. The van der Waals surface area contributed by atoms with E-state index in [-0.39, 0.29) is 5.91 Å². The first-order valence-corrected chi connectivity index (χ1v) is 11.1. The zero-order chi connectivity index (χ0) is 21.0. The molecule has 0 fully saturated rings. The van der Waals surface area contributed by atoms with Crippen molar-refractivity contribution in [1.29, 1.82) is 0 Å². The average molecular weight is 393 g/mol. The van der Waals surface area contributed by atoms with Crippen LogP contribution in [0.4, 0.5) is 11.4 Å². The molecule has 0 saturated heterocycles. The van der Waals surface area contributed by atoms with Crippen LogP contribution >= 0.6 is 0 Å². The molecule has 3 heteroatoms. The molecule has 3 nitrogen and oxygen atoms in total. The number of rotatable bonds is 6. The van der Waals surface area contributed by atoms with E-state index in [1.807, 2.05) is 0 Å². The predicted octanol–water partition coefficient (Wildman–Crippen LogP) is 6.80. The van der Waals surface area contributed by atoms with E-state index in [0.29, 0.717) is 24.3 Å². The van der Waals surface area contributed by atoms with Crippen LogP contribution < -0.4 is 10.6 Å². The van der Waals surface area contributed by atoms with Crippen molar-refractivity contribution in [2.24, 2.45) is 11.8 Å². The number of carbonyl (C=O) groups is 1. The van der Waals surface area contributed by atoms with Gasteiger partial charge in [-0.1, -0.05) is 51.0 Å². The summed E-state index contributed by atoms with van der Waals surface area (Å²) in [5, 5.41) is 6.92. The first-order valence-electron chi connectivity index (χ1n) is 11.1. The molecule has 0 spiro atoms. The number of benzene rings is 2. The highest BCUT2D eigenvalue weighted by Gasteiger charge is 2.22. The summed E-state index contributed by atoms with van der Waals surface area (Å²) in [5.74, 6) is 1.03. The Hall–Kier alpha value is -2.29. The Morgan fingerprint density at radius 1 is 1.03 bits per heavy atom. The molecule has 2 N–H and O–H groups in total. The maximum atomic E-state index is 12.5. The monoisotopic (exact) mass is 392 g/mol. The number of hydrogen-bond donors (Lipinski definition) is 2. The van der Waals surface area contributed by atoms with Gasteiger partial charge in [-0.25, -0.2) is 0 Å². The average Bonchev–Trinajstić information content (AvgIpc) is 2.88. The van der Waals surface area contributed by atoms with Crippen LogP contribution in [0.25, 0.3) is 0 Å². The van der Waals surface area contributed by atoms with Crippen LogP contribution in [-0.2, 0) is 11.2 Å². The summed E-state index contributed by atoms with van der Waals surface area (Å²) in [6, 6.07) is 13.3. The zero-order valence-corrected chi connectivity index (χ0v) is 18.6. The minimum Gasteiger partial charge on any atom is -0.378 e. The van der Waals surface area contributed by atoms with Crippen molar-refractivity contribution in [3.05, 3.63) is 58.7 Å². The van der Waals surface area contributed by atoms with Gasteiger partial charge in [0.15, 0.2) is 0 Å². The van der Waals surface area contributed by atoms with E-state index in [2.05, 4.69) is 81.7 Å². The molecule has 0 radical (unpaired) electrons. The lowest BCUT2D eigenvalue weighted by molar-refractivity contribution is -0.117. The number of hydrogen-bond acceptors (Lipinski definition) is 2. The maximum absolute atomic E-state index is 12.5. The molecule has 29 heavy (non-hydrogen) atoms. The quantitative estimate of drug-likeness (QED) is 0.531. The number of carbonyl (C=O) groups excluding carboxylic acids is 1. The van der Waals surface area contributed by atoms with Crippen LogP contribution in [-0.4, -0.2) is 5.91 Å². The van der Waals surface area contributed by atoms with Crippen molar-refractivity contribution in [2.75, 3.05) is 10.6 Å². The Balaban J connectivity index is 1.80. The van der Waals surface area contributed by atoms with Gasteiger partial charge in [0.2, 0.25) is 5.91 Å². The molecule has 0 bridgehead atoms. The molecule has 2 atom stereocenters. The fourth-order valence-corrected chi connectivity index (χ4v) is 4.11. The minimum atomic E-state index is 0.122. The molecule has 2 aromatic rings. The summed E-state index contributed by atoms with van der Waals surface area (Å²) in [6.45, 7) is 10.8. The summed E-state index contributed by atoms with van der Waals surface area (Å²) in [5.41, 5.74) is 7.44. The molecule has 1 aliphatic carbocycles. The summed E-state index contributed by atoms with van der Waals surface area (Å²) in [6.07, 6.45) is 5.20. The van der Waals surface area contributed by atoms with Gasteiger partial charge in [0.05, 0.1) is 6.04 Å². The van der Waals surface area contributed by atoms with Gasteiger partial charge in [-0.15, -0.1) is 0 Å². The second-order valence-corrected chi connectivity index (χ2v) is 9.09. The zero-order valence-electron chi connectivity index (χ0n) is 18.6. The Kier molecular flexibility index (Phi) is 7.00. The van der Waals surface area contributed by atoms with E-state index in [0.717, 1.165) is 18.5 Å². The maximum Gasteiger partial charge on any atom is 0.224 e. The second-order valence-electron chi connectivity index (χ2n) is 9.09. The smallest absolute Gasteiger partial charge is 0.224 e. The topological polar surface area (TPSA) is 41.1 Å². The van der Waals surface area contributed by atoms with Gasteiger partial charge in [0.25, 0.3) is 0 Å². The molecular weight excluding hydrogens is 356 g/mol. The van der Waals surface area contributed by atoms with Crippen molar-refractivity contribution in [1.82, 2.24) is 0 Å². The van der Waals surface area contributed by atoms with E-state index in [1.165, 1.54) is 40.8 Å². The van der Waals surface area contributed by atoms with Crippen LogP contribution in [0.3, 0.4) is 0 Å². The molecule has 2 unspecified atom stereocenters. The number of amides is 1. The van der Waals surface area contributed by atoms with Crippen molar-refractivity contribution in [2.45, 2.75) is 72.8 Å². The van der Waals surface area contributed by atoms with Crippen molar-refractivity contribution in [3.8, 4) is 0 Å². The lowest BCUT2D eigenvalue weighted by Crippen LogP contribution is -2.19. The lowest BCUT2D eigenvalue weighted by Gasteiger charge is -2.23. The van der Waals surface area contributed by atoms with Gasteiger partial charge in [0, 0.05) is 17.8 Å². The molecule has 3 rings (SSSR count). The molecule has 0 aromatic heterocycles. The van der Waals surface area contributed by atoms with Crippen LogP contribution in [0.2, 0.25) is 0 Å². The molecule has 156 valence electrons. The third-order valence-electron chi connectivity index (χ3n) is 6.49. The molecule has 0 aliphatic heterocycles. The first kappa shape index (κ1) is 21.4. The van der Waals surface area contributed by atoms with Crippen molar-refractivity contribution in [3.63, 3.8) is 0 Å². The molecule has 1 amide bonds. The fourth-order valence-electron chi connectivity index (χ4n) is 4.11. The fraction of sp³-hybridized carbons (Fsp3) is 0.500. The van der Waals surface area contributed by atoms with Crippen LogP contribution in [0, 0.1) is 25.7 Å². The summed E-state index contributed by atoms with van der Waals surface area (Å²) < 4.78 is 0. The largest absolute Gasteiger partial charge is 0.378 e. The van der Waals surface area contributed by atoms with Crippen LogP contribution in [0.15, 0.2) is 36.4 Å². The lowest BCUT2D eigenvalue weighted by atomic mass is 9.92. The molecule has 1 aliphatic rings. The summed E-state index contributed by atoms with van der Waals surface area (Å²) in [4.78, 5) is 12.5. The minimum absolute atomic E-state index is 0.122. The Morgan fingerprint density at radius 2 is 1.76 bits per heavy atom. The Labute approximate surface area is 176 Å². The van der Waals surface area contributed by atoms with E-state index in [1.54, 1.807) is 0 Å². The Morgan fingerprint density at radius 3 is 2.45 bits per heavy atom. The highest BCUT2D eigenvalue weighted by Crippen LogP contribution is 2.36. The van der Waals surface area contributed by atoms with Gasteiger partial charge in [0.1, 0.15) is 0 Å². The van der Waals surface area contributed by atoms with Gasteiger partial charge in [-0.05, 0) is 79.8 Å². The summed E-state index contributed by atoms with van der Waals surface area (Å²) in [7, 11) is 0. The second kappa shape index (κ2) is 9.47. The molecule has 0 saturated carbocycles. The number of nitrogens with one attached hydrogen (secondary N) is 2. The van der Waals surface area contributed by atoms with Crippen molar-refractivity contribution >= 4 is 17.3 Å². The van der Waals surface area contributed by atoms with Crippen molar-refractivity contribution < 1.29 is 4.79 Å². The van der Waals surface area contributed by atoms with E-state index in [9.17, 15) is 4.79 Å². The number of anilines is 2. The highest BCUT2D eigenvalue weighted by atomic mass is 16.1. The third kappa shape index (κ3) is 5.41. The summed E-state index contributed by atoms with van der Waals surface area (Å²) >= 11 is 0. The van der Waals surface area contributed by atoms with Gasteiger partial charge in [-0.2, -0.15) is 0 Å². The SMILES string of the molecule is Cc1ccc(NC2CCCCc3c2ccc(NC(=O)CC(C)C(C)C)c3C)cc1. The van der Waals surface area contributed by atoms with E-state index >= 15 is 0 Å². The highest BCUT2D eigenvalue weighted by molar-refractivity contribution is 5.92. The van der Waals surface area contributed by atoms with Gasteiger partial charge < -0.3 is 10.6 Å². The normalized spacial score (nSPS) is 17.4. The Bertz CT molecular complexity index is 839. The third-order valence-corrected chi connectivity index (χ3v) is 6.49. The molecular formula is C26H36N2O. The van der Waals surface area contributed by atoms with Crippen LogP contribution in [0.5, 0.6) is 0 Å². The first-order chi connectivity index (χ1) is 13.8. The van der Waals surface area contributed by atoms with Crippen LogP contribution in [0.1, 0.15) is 74.8 Å². The van der Waals surface area contributed by atoms with Gasteiger partial charge >= 0.3 is 0 Å². The van der Waals surface area contributed by atoms with E-state index < -0.39 is 0 Å². The molecule has 2 aromatic carbocycles. The van der Waals surface area contributed by atoms with Gasteiger partial charge in [-0.3, -0.25) is 4.79 Å². The van der Waals surface area contributed by atoms with E-state index in [4.69, 9.17) is 0 Å².